The van der Waals surface area contributed by atoms with Gasteiger partial charge in [0, 0.05) is 17.5 Å². The lowest BCUT2D eigenvalue weighted by Crippen LogP contribution is -2.32. The third kappa shape index (κ3) is 2.39. The zero-order chi connectivity index (χ0) is 14.1. The number of furan rings is 1. The van der Waals surface area contributed by atoms with Gasteiger partial charge in [-0.15, -0.1) is 11.3 Å². The van der Waals surface area contributed by atoms with Crippen molar-refractivity contribution >= 4 is 17.3 Å². The van der Waals surface area contributed by atoms with E-state index in [1.807, 2.05) is 17.4 Å². The van der Waals surface area contributed by atoms with Crippen LogP contribution in [0, 0.1) is 0 Å². The number of rotatable bonds is 3. The van der Waals surface area contributed by atoms with Gasteiger partial charge >= 0.3 is 5.97 Å². The summed E-state index contributed by atoms with van der Waals surface area (Å²) < 4.78 is 10.2. The van der Waals surface area contributed by atoms with E-state index in [1.165, 1.54) is 17.6 Å². The molecule has 0 aliphatic carbocycles. The maximum absolute atomic E-state index is 11.4. The molecule has 1 aliphatic rings. The van der Waals surface area contributed by atoms with Crippen molar-refractivity contribution in [2.75, 3.05) is 13.7 Å². The Labute approximate surface area is 122 Å². The van der Waals surface area contributed by atoms with Gasteiger partial charge in [0.15, 0.2) is 0 Å². The van der Waals surface area contributed by atoms with Gasteiger partial charge in [-0.2, -0.15) is 0 Å². The number of methoxy groups -OCH3 is 1. The van der Waals surface area contributed by atoms with E-state index in [4.69, 9.17) is 4.42 Å². The zero-order valence-corrected chi connectivity index (χ0v) is 12.4. The first-order valence-corrected chi connectivity index (χ1v) is 7.54. The number of fused-ring (bicyclic) bond motifs is 1. The van der Waals surface area contributed by atoms with Gasteiger partial charge < -0.3 is 9.15 Å². The van der Waals surface area contributed by atoms with Crippen molar-refractivity contribution in [3.63, 3.8) is 0 Å². The van der Waals surface area contributed by atoms with Crippen LogP contribution in [0.4, 0.5) is 0 Å². The van der Waals surface area contributed by atoms with Gasteiger partial charge in [-0.1, -0.05) is 0 Å². The fourth-order valence-corrected chi connectivity index (χ4v) is 3.61. The first kappa shape index (κ1) is 13.4. The lowest BCUT2D eigenvalue weighted by Gasteiger charge is -2.32. The summed E-state index contributed by atoms with van der Waals surface area (Å²) >= 11 is 1.84. The molecule has 1 atom stereocenters. The largest absolute Gasteiger partial charge is 0.463 e. The molecule has 106 valence electrons. The molecule has 0 bridgehead atoms. The molecule has 0 spiro atoms. The summed E-state index contributed by atoms with van der Waals surface area (Å²) in [6.07, 6.45) is 1.09. The van der Waals surface area contributed by atoms with Crippen LogP contribution in [0.15, 0.2) is 28.0 Å². The van der Waals surface area contributed by atoms with Crippen molar-refractivity contribution in [1.82, 2.24) is 4.90 Å². The van der Waals surface area contributed by atoms with Gasteiger partial charge in [-0.25, -0.2) is 4.79 Å². The molecule has 2 aromatic heterocycles. The maximum atomic E-state index is 11.4. The Morgan fingerprint density at radius 1 is 1.50 bits per heavy atom. The monoisotopic (exact) mass is 291 g/mol. The van der Waals surface area contributed by atoms with Crippen LogP contribution in [0.2, 0.25) is 0 Å². The van der Waals surface area contributed by atoms with Crippen LogP contribution in [0.5, 0.6) is 0 Å². The summed E-state index contributed by atoms with van der Waals surface area (Å²) in [4.78, 5) is 15.2. The van der Waals surface area contributed by atoms with Crippen molar-refractivity contribution in [3.05, 3.63) is 45.5 Å². The molecule has 3 rings (SSSR count). The molecule has 0 amide bonds. The molecule has 0 fully saturated rings. The first-order chi connectivity index (χ1) is 9.69. The predicted molar refractivity (Wildman–Crippen MR) is 76.9 cm³/mol. The highest BCUT2D eigenvalue weighted by atomic mass is 32.1. The molecule has 5 heteroatoms. The first-order valence-electron chi connectivity index (χ1n) is 6.66. The summed E-state index contributed by atoms with van der Waals surface area (Å²) in [6.45, 7) is 3.95. The third-order valence-corrected chi connectivity index (χ3v) is 4.81. The fourth-order valence-electron chi connectivity index (χ4n) is 2.65. The Morgan fingerprint density at radius 2 is 2.35 bits per heavy atom. The Hall–Kier alpha value is -1.59. The molecule has 0 unspecified atom stereocenters. The number of esters is 1. The molecule has 1 aliphatic heterocycles. The van der Waals surface area contributed by atoms with Crippen LogP contribution in [0.3, 0.4) is 0 Å². The third-order valence-electron chi connectivity index (χ3n) is 3.81. The number of thiophene rings is 1. The number of carbonyl (C=O) groups excluding carboxylic acids is 1. The summed E-state index contributed by atoms with van der Waals surface area (Å²) in [5.74, 6) is 0.641. The molecule has 4 nitrogen and oxygen atoms in total. The molecule has 0 saturated heterocycles. The van der Waals surface area contributed by atoms with Gasteiger partial charge in [0.2, 0.25) is 5.76 Å². The van der Waals surface area contributed by atoms with Crippen LogP contribution in [0.25, 0.3) is 0 Å². The van der Waals surface area contributed by atoms with Crippen molar-refractivity contribution in [3.8, 4) is 0 Å². The van der Waals surface area contributed by atoms with Crippen LogP contribution in [0.1, 0.15) is 39.7 Å². The number of nitrogens with zero attached hydrogens (tertiary/aromatic N) is 1. The molecule has 3 heterocycles. The predicted octanol–water partition coefficient (Wildman–Crippen LogP) is 3.25. The summed E-state index contributed by atoms with van der Waals surface area (Å²) in [6, 6.07) is 6.11. The molecule has 20 heavy (non-hydrogen) atoms. The molecule has 2 aromatic rings. The fraction of sp³-hybridized carbons (Fsp3) is 0.400. The van der Waals surface area contributed by atoms with Crippen molar-refractivity contribution < 1.29 is 13.9 Å². The second-order valence-corrected chi connectivity index (χ2v) is 5.95. The standard InChI is InChI=1S/C15H17NO3S/c1-10-12-6-8-20-14(12)5-7-16(10)9-11-3-4-13(19-11)15(17)18-2/h3-4,6,8,10H,5,7,9H2,1-2H3/t10-/m1/s1. The number of hydrogen-bond acceptors (Lipinski definition) is 5. The lowest BCUT2D eigenvalue weighted by atomic mass is 10.0. The van der Waals surface area contributed by atoms with Crippen LogP contribution < -0.4 is 0 Å². The molecular formula is C15H17NO3S. The number of ether oxygens (including phenoxy) is 1. The SMILES string of the molecule is COC(=O)c1ccc(CN2CCc3sccc3[C@H]2C)o1. The summed E-state index contributed by atoms with van der Waals surface area (Å²) in [5.41, 5.74) is 1.42. The second kappa shape index (κ2) is 5.42. The Kier molecular flexibility index (Phi) is 3.63. The Bertz CT molecular complexity index is 616. The normalized spacial score (nSPS) is 18.8. The van der Waals surface area contributed by atoms with Gasteiger partial charge in [0.25, 0.3) is 0 Å². The van der Waals surface area contributed by atoms with E-state index in [1.54, 1.807) is 6.07 Å². The smallest absolute Gasteiger partial charge is 0.373 e. The highest BCUT2D eigenvalue weighted by Gasteiger charge is 2.25. The minimum atomic E-state index is -0.428. The average molecular weight is 291 g/mol. The van der Waals surface area contributed by atoms with E-state index in [-0.39, 0.29) is 5.76 Å². The Morgan fingerprint density at radius 3 is 3.15 bits per heavy atom. The lowest BCUT2D eigenvalue weighted by molar-refractivity contribution is 0.0560. The Balaban J connectivity index is 1.73. The van der Waals surface area contributed by atoms with Crippen LogP contribution in [-0.4, -0.2) is 24.5 Å². The van der Waals surface area contributed by atoms with Gasteiger partial charge in [0.05, 0.1) is 13.7 Å². The quantitative estimate of drug-likeness (QED) is 0.814. The van der Waals surface area contributed by atoms with E-state index < -0.39 is 5.97 Å². The van der Waals surface area contributed by atoms with Crippen LogP contribution in [-0.2, 0) is 17.7 Å². The maximum Gasteiger partial charge on any atom is 0.373 e. The minimum Gasteiger partial charge on any atom is -0.463 e. The minimum absolute atomic E-state index is 0.267. The molecule has 0 N–H and O–H groups in total. The van der Waals surface area contributed by atoms with E-state index in [2.05, 4.69) is 28.0 Å². The average Bonchev–Trinajstić information content (AvgIpc) is 3.10. The van der Waals surface area contributed by atoms with Gasteiger partial charge in [-0.05, 0) is 42.5 Å². The molecule has 0 radical (unpaired) electrons. The van der Waals surface area contributed by atoms with E-state index >= 15 is 0 Å². The highest BCUT2D eigenvalue weighted by Crippen LogP contribution is 2.33. The topological polar surface area (TPSA) is 42.7 Å². The zero-order valence-electron chi connectivity index (χ0n) is 11.6. The highest BCUT2D eigenvalue weighted by molar-refractivity contribution is 7.10. The summed E-state index contributed by atoms with van der Waals surface area (Å²) in [7, 11) is 1.36. The van der Waals surface area contributed by atoms with Crippen LogP contribution >= 0.6 is 11.3 Å². The van der Waals surface area contributed by atoms with Gasteiger partial charge in [0.1, 0.15) is 5.76 Å². The number of carbonyl (C=O) groups is 1. The van der Waals surface area contributed by atoms with E-state index in [0.717, 1.165) is 18.7 Å². The van der Waals surface area contributed by atoms with Gasteiger partial charge in [-0.3, -0.25) is 4.90 Å². The summed E-state index contributed by atoms with van der Waals surface area (Å²) in [5, 5.41) is 2.16. The molecule has 0 aromatic carbocycles. The van der Waals surface area contributed by atoms with Crippen molar-refractivity contribution in [2.24, 2.45) is 0 Å². The second-order valence-electron chi connectivity index (χ2n) is 4.95. The van der Waals surface area contributed by atoms with E-state index in [0.29, 0.717) is 12.6 Å². The number of hydrogen-bond donors (Lipinski definition) is 0. The molecule has 0 saturated carbocycles. The van der Waals surface area contributed by atoms with Crippen molar-refractivity contribution in [1.29, 1.82) is 0 Å². The van der Waals surface area contributed by atoms with E-state index in [9.17, 15) is 4.79 Å². The molecular weight excluding hydrogens is 274 g/mol. The van der Waals surface area contributed by atoms with Crippen molar-refractivity contribution in [2.45, 2.75) is 25.9 Å².